The first kappa shape index (κ1) is 18.6. The first-order valence-electron chi connectivity index (χ1n) is 10.8. The third-order valence-electron chi connectivity index (χ3n) is 7.66. The van der Waals surface area contributed by atoms with Gasteiger partial charge in [0.25, 0.3) is 5.91 Å². The summed E-state index contributed by atoms with van der Waals surface area (Å²) in [6.45, 7) is 2.15. The maximum atomic E-state index is 12.9. The minimum Gasteiger partial charge on any atom is -0.349 e. The molecule has 0 aromatic heterocycles. The Hall–Kier alpha value is -1.40. The van der Waals surface area contributed by atoms with Crippen LogP contribution in [0.2, 0.25) is 0 Å². The maximum absolute atomic E-state index is 12.9. The van der Waals surface area contributed by atoms with Crippen LogP contribution in [0.4, 0.5) is 0 Å². The average Bonchev–Trinajstić information content (AvgIpc) is 3.44. The molecule has 1 unspecified atom stereocenters. The Balaban J connectivity index is 1.31. The Labute approximate surface area is 167 Å². The van der Waals surface area contributed by atoms with E-state index >= 15 is 0 Å². The van der Waals surface area contributed by atoms with Gasteiger partial charge in [-0.25, -0.2) is 13.1 Å². The summed E-state index contributed by atoms with van der Waals surface area (Å²) in [7, 11) is -3.55. The predicted octanol–water partition coefficient (Wildman–Crippen LogP) is 3.46. The van der Waals surface area contributed by atoms with Crippen molar-refractivity contribution < 1.29 is 13.2 Å². The zero-order chi connectivity index (χ0) is 19.5. The number of carbonyl (C=O) groups excluding carboxylic acids is 1. The summed E-state index contributed by atoms with van der Waals surface area (Å²) in [6.07, 6.45) is 9.64. The number of sulfonamides is 1. The largest absolute Gasteiger partial charge is 0.349 e. The summed E-state index contributed by atoms with van der Waals surface area (Å²) < 4.78 is 27.6. The quantitative estimate of drug-likeness (QED) is 0.765. The molecule has 0 radical (unpaired) electrons. The number of amides is 1. The molecule has 6 heteroatoms. The molecule has 5 aliphatic carbocycles. The zero-order valence-corrected chi connectivity index (χ0v) is 17.3. The fraction of sp³-hybridized carbons (Fsp3) is 0.682. The lowest BCUT2D eigenvalue weighted by molar-refractivity contribution is -0.0688. The van der Waals surface area contributed by atoms with Crippen molar-refractivity contribution in [3.8, 4) is 0 Å². The Morgan fingerprint density at radius 3 is 2.25 bits per heavy atom. The summed E-state index contributed by atoms with van der Waals surface area (Å²) >= 11 is 0. The van der Waals surface area contributed by atoms with Crippen molar-refractivity contribution in [3.05, 3.63) is 29.8 Å². The molecule has 0 aliphatic heterocycles. The number of rotatable bonds is 6. The Bertz CT molecular complexity index is 856. The van der Waals surface area contributed by atoms with E-state index in [0.717, 1.165) is 30.6 Å². The zero-order valence-electron chi connectivity index (χ0n) is 16.5. The first-order chi connectivity index (χ1) is 13.3. The highest BCUT2D eigenvalue weighted by Crippen LogP contribution is 2.61. The molecule has 1 aromatic rings. The molecule has 0 saturated heterocycles. The molecule has 152 valence electrons. The molecule has 6 rings (SSSR count). The Kier molecular flexibility index (Phi) is 4.36. The van der Waals surface area contributed by atoms with Gasteiger partial charge in [-0.3, -0.25) is 4.79 Å². The van der Waals surface area contributed by atoms with Gasteiger partial charge in [0.2, 0.25) is 10.0 Å². The van der Waals surface area contributed by atoms with Gasteiger partial charge >= 0.3 is 0 Å². The first-order valence-corrected chi connectivity index (χ1v) is 12.2. The van der Waals surface area contributed by atoms with E-state index in [0.29, 0.717) is 5.56 Å². The van der Waals surface area contributed by atoms with Gasteiger partial charge in [0, 0.05) is 17.6 Å². The molecular weight excluding hydrogens is 372 g/mol. The second-order valence-corrected chi connectivity index (χ2v) is 11.6. The summed E-state index contributed by atoms with van der Waals surface area (Å²) in [6, 6.07) is 6.61. The second-order valence-electron chi connectivity index (χ2n) is 9.90. The Morgan fingerprint density at radius 2 is 1.68 bits per heavy atom. The van der Waals surface area contributed by atoms with Crippen molar-refractivity contribution in [2.75, 3.05) is 0 Å². The SMILES string of the molecule is CC(NC(=O)c1cccc(S(=O)(=O)NC2CC2)c1)C12CC3CC(CC(C3)C1)C2. The van der Waals surface area contributed by atoms with E-state index in [2.05, 4.69) is 17.0 Å². The molecule has 1 amide bonds. The molecule has 1 aromatic carbocycles. The van der Waals surface area contributed by atoms with Gasteiger partial charge in [-0.05, 0) is 99.7 Å². The highest BCUT2D eigenvalue weighted by atomic mass is 32.2. The fourth-order valence-electron chi connectivity index (χ4n) is 6.43. The number of carbonyl (C=O) groups is 1. The number of hydrogen-bond donors (Lipinski definition) is 2. The van der Waals surface area contributed by atoms with Gasteiger partial charge in [-0.15, -0.1) is 0 Å². The van der Waals surface area contributed by atoms with E-state index in [-0.39, 0.29) is 28.3 Å². The van der Waals surface area contributed by atoms with Crippen molar-refractivity contribution in [2.24, 2.45) is 23.2 Å². The molecule has 5 saturated carbocycles. The summed E-state index contributed by atoms with van der Waals surface area (Å²) in [5.41, 5.74) is 0.664. The minimum atomic E-state index is -3.55. The fourth-order valence-corrected chi connectivity index (χ4v) is 7.78. The number of nitrogens with one attached hydrogen (secondary N) is 2. The molecule has 5 fully saturated rings. The summed E-state index contributed by atoms with van der Waals surface area (Å²) in [4.78, 5) is 13.1. The monoisotopic (exact) mass is 402 g/mol. The molecule has 0 heterocycles. The van der Waals surface area contributed by atoms with E-state index < -0.39 is 10.0 Å². The lowest BCUT2D eigenvalue weighted by atomic mass is 9.48. The smallest absolute Gasteiger partial charge is 0.251 e. The van der Waals surface area contributed by atoms with Crippen LogP contribution in [0.3, 0.4) is 0 Å². The van der Waals surface area contributed by atoms with Crippen molar-refractivity contribution >= 4 is 15.9 Å². The molecule has 0 spiro atoms. The molecule has 5 nitrogen and oxygen atoms in total. The lowest BCUT2D eigenvalue weighted by Gasteiger charge is -2.59. The van der Waals surface area contributed by atoms with Crippen LogP contribution in [0.5, 0.6) is 0 Å². The molecule has 1 atom stereocenters. The van der Waals surface area contributed by atoms with Crippen LogP contribution in [-0.2, 0) is 10.0 Å². The third kappa shape index (κ3) is 3.39. The Morgan fingerprint density at radius 1 is 1.07 bits per heavy atom. The van der Waals surface area contributed by atoms with Crippen molar-refractivity contribution in [1.29, 1.82) is 0 Å². The lowest BCUT2D eigenvalue weighted by Crippen LogP contribution is -2.55. The third-order valence-corrected chi connectivity index (χ3v) is 9.18. The number of benzene rings is 1. The standard InChI is InChI=1S/C22H30N2O3S/c1-14(22-11-15-7-16(12-22)9-17(8-15)13-22)23-21(25)18-3-2-4-20(10-18)28(26,27)24-19-5-6-19/h2-4,10,14-17,19,24H,5-9,11-13H2,1H3,(H,23,25). The van der Waals surface area contributed by atoms with Crippen LogP contribution in [0.15, 0.2) is 29.2 Å². The second kappa shape index (κ2) is 6.56. The van der Waals surface area contributed by atoms with Gasteiger partial charge in [0.05, 0.1) is 4.90 Å². The molecular formula is C22H30N2O3S. The van der Waals surface area contributed by atoms with Crippen LogP contribution < -0.4 is 10.0 Å². The van der Waals surface area contributed by atoms with Crippen LogP contribution in [0.1, 0.15) is 68.6 Å². The van der Waals surface area contributed by atoms with Gasteiger partial charge in [-0.2, -0.15) is 0 Å². The van der Waals surface area contributed by atoms with E-state index in [4.69, 9.17) is 0 Å². The van der Waals surface area contributed by atoms with Gasteiger partial charge in [0.15, 0.2) is 0 Å². The van der Waals surface area contributed by atoms with Crippen LogP contribution in [-0.4, -0.2) is 26.4 Å². The normalized spacial score (nSPS) is 35.0. The molecule has 4 bridgehead atoms. The van der Waals surface area contributed by atoms with E-state index in [1.165, 1.54) is 44.6 Å². The maximum Gasteiger partial charge on any atom is 0.251 e. The van der Waals surface area contributed by atoms with Crippen LogP contribution in [0.25, 0.3) is 0 Å². The molecule has 5 aliphatic rings. The van der Waals surface area contributed by atoms with Crippen LogP contribution >= 0.6 is 0 Å². The average molecular weight is 403 g/mol. The van der Waals surface area contributed by atoms with Crippen molar-refractivity contribution in [2.45, 2.75) is 75.3 Å². The number of hydrogen-bond acceptors (Lipinski definition) is 3. The van der Waals surface area contributed by atoms with Crippen molar-refractivity contribution in [3.63, 3.8) is 0 Å². The molecule has 28 heavy (non-hydrogen) atoms. The highest BCUT2D eigenvalue weighted by Gasteiger charge is 2.53. The van der Waals surface area contributed by atoms with Gasteiger partial charge < -0.3 is 5.32 Å². The molecule has 2 N–H and O–H groups in total. The van der Waals surface area contributed by atoms with Gasteiger partial charge in [0.1, 0.15) is 0 Å². The van der Waals surface area contributed by atoms with Gasteiger partial charge in [-0.1, -0.05) is 6.07 Å². The highest BCUT2D eigenvalue weighted by molar-refractivity contribution is 7.89. The predicted molar refractivity (Wildman–Crippen MR) is 107 cm³/mol. The minimum absolute atomic E-state index is 0.0542. The van der Waals surface area contributed by atoms with E-state index in [1.54, 1.807) is 18.2 Å². The van der Waals surface area contributed by atoms with Crippen molar-refractivity contribution in [1.82, 2.24) is 10.0 Å². The van der Waals surface area contributed by atoms with E-state index in [9.17, 15) is 13.2 Å². The van der Waals surface area contributed by atoms with E-state index in [1.807, 2.05) is 0 Å². The van der Waals surface area contributed by atoms with Crippen LogP contribution in [0, 0.1) is 23.2 Å². The summed E-state index contributed by atoms with van der Waals surface area (Å²) in [5, 5.41) is 3.23. The summed E-state index contributed by atoms with van der Waals surface area (Å²) in [5.74, 6) is 2.36. The topological polar surface area (TPSA) is 75.3 Å².